The summed E-state index contributed by atoms with van der Waals surface area (Å²) in [5.74, 6) is 0.0733. The van der Waals surface area contributed by atoms with Gasteiger partial charge in [0.25, 0.3) is 0 Å². The smallest absolute Gasteiger partial charge is 0.223 e. The number of hydrogen-bond donors (Lipinski definition) is 1. The number of nitrogens with zero attached hydrogens (tertiary/aromatic N) is 3. The third-order valence-corrected chi connectivity index (χ3v) is 4.78. The second-order valence-electron chi connectivity index (χ2n) is 6.94. The van der Waals surface area contributed by atoms with E-state index in [1.54, 1.807) is 17.3 Å². The van der Waals surface area contributed by atoms with Crippen molar-refractivity contribution in [3.8, 4) is 0 Å². The van der Waals surface area contributed by atoms with Gasteiger partial charge in [0.05, 0.1) is 19.8 Å². The molecule has 1 aromatic heterocycles. The van der Waals surface area contributed by atoms with Gasteiger partial charge in [0, 0.05) is 31.9 Å². The van der Waals surface area contributed by atoms with Gasteiger partial charge in [-0.25, -0.2) is 0 Å². The normalized spacial score (nSPS) is 25.6. The number of aryl methyl sites for hydroxylation is 1. The van der Waals surface area contributed by atoms with Gasteiger partial charge in [-0.15, -0.1) is 0 Å². The minimum atomic E-state index is -0.967. The average Bonchev–Trinajstić information content (AvgIpc) is 3.01. The zero-order valence-electron chi connectivity index (χ0n) is 14.2. The Morgan fingerprint density at radius 2 is 2.17 bits per heavy atom. The number of likely N-dealkylation sites (tertiary alicyclic amines) is 1. The van der Waals surface area contributed by atoms with E-state index in [1.807, 2.05) is 12.1 Å². The zero-order chi connectivity index (χ0) is 16.8. The van der Waals surface area contributed by atoms with E-state index in [0.717, 1.165) is 18.7 Å². The molecule has 0 aromatic carbocycles. The quantitative estimate of drug-likeness (QED) is 0.859. The third-order valence-electron chi connectivity index (χ3n) is 4.78. The van der Waals surface area contributed by atoms with Gasteiger partial charge in [-0.05, 0) is 44.0 Å². The largest absolute Gasteiger partial charge is 0.384 e. The maximum Gasteiger partial charge on any atom is 0.223 e. The summed E-state index contributed by atoms with van der Waals surface area (Å²) in [6.45, 7) is 4.33. The Balaban J connectivity index is 1.56. The standard InChI is InChI=1S/C18H27N3O3/c22-17(6-5-16-4-3-7-19-12-16)21-10-11-24-15-18(23,14-21)13-20-8-1-2-9-20/h3-4,7,12,23H,1-2,5-6,8-11,13-15H2/t18-/m1/s1. The highest BCUT2D eigenvalue weighted by Gasteiger charge is 2.36. The van der Waals surface area contributed by atoms with Crippen LogP contribution in [0.1, 0.15) is 24.8 Å². The molecule has 1 N–H and O–H groups in total. The summed E-state index contributed by atoms with van der Waals surface area (Å²) in [5.41, 5.74) is 0.0920. The van der Waals surface area contributed by atoms with E-state index in [0.29, 0.717) is 45.7 Å². The highest BCUT2D eigenvalue weighted by molar-refractivity contribution is 5.76. The Kier molecular flexibility index (Phi) is 5.81. The minimum absolute atomic E-state index is 0.0733. The highest BCUT2D eigenvalue weighted by atomic mass is 16.5. The van der Waals surface area contributed by atoms with Crippen LogP contribution in [0.4, 0.5) is 0 Å². The van der Waals surface area contributed by atoms with Crippen LogP contribution >= 0.6 is 0 Å². The first-order chi connectivity index (χ1) is 11.6. The lowest BCUT2D eigenvalue weighted by Crippen LogP contribution is -2.53. The number of carbonyl (C=O) groups excluding carboxylic acids is 1. The first-order valence-corrected chi connectivity index (χ1v) is 8.84. The molecule has 0 bridgehead atoms. The van der Waals surface area contributed by atoms with Gasteiger partial charge in [0.2, 0.25) is 5.91 Å². The predicted molar refractivity (Wildman–Crippen MR) is 90.6 cm³/mol. The molecule has 3 heterocycles. The summed E-state index contributed by atoms with van der Waals surface area (Å²) >= 11 is 0. The summed E-state index contributed by atoms with van der Waals surface area (Å²) in [4.78, 5) is 20.7. The number of ether oxygens (including phenoxy) is 1. The maximum absolute atomic E-state index is 12.6. The fourth-order valence-electron chi connectivity index (χ4n) is 3.54. The molecule has 6 nitrogen and oxygen atoms in total. The number of aromatic nitrogens is 1. The van der Waals surface area contributed by atoms with Gasteiger partial charge in [-0.2, -0.15) is 0 Å². The number of β-amino-alcohol motifs (C(OH)–C–C–N with tert-alkyl or cyclic N) is 1. The lowest BCUT2D eigenvalue weighted by molar-refractivity contribution is -0.134. The van der Waals surface area contributed by atoms with Gasteiger partial charge < -0.3 is 19.6 Å². The second kappa shape index (κ2) is 8.05. The predicted octanol–water partition coefficient (Wildman–Crippen LogP) is 0.700. The molecule has 2 fully saturated rings. The molecule has 6 heteroatoms. The van der Waals surface area contributed by atoms with Crippen LogP contribution in [-0.4, -0.2) is 77.3 Å². The van der Waals surface area contributed by atoms with Crippen molar-refractivity contribution in [3.63, 3.8) is 0 Å². The molecule has 0 aliphatic carbocycles. The molecule has 1 aromatic rings. The van der Waals surface area contributed by atoms with Crippen molar-refractivity contribution in [2.75, 3.05) is 45.9 Å². The Morgan fingerprint density at radius 3 is 2.92 bits per heavy atom. The molecular weight excluding hydrogens is 306 g/mol. The van der Waals surface area contributed by atoms with Crippen molar-refractivity contribution in [1.29, 1.82) is 0 Å². The lowest BCUT2D eigenvalue weighted by atomic mass is 10.0. The molecule has 2 aliphatic heterocycles. The average molecular weight is 333 g/mol. The fraction of sp³-hybridized carbons (Fsp3) is 0.667. The lowest BCUT2D eigenvalue weighted by Gasteiger charge is -2.34. The topological polar surface area (TPSA) is 65.9 Å². The number of carbonyl (C=O) groups is 1. The molecule has 0 saturated carbocycles. The van der Waals surface area contributed by atoms with E-state index in [9.17, 15) is 9.90 Å². The van der Waals surface area contributed by atoms with E-state index in [-0.39, 0.29) is 5.91 Å². The van der Waals surface area contributed by atoms with Crippen LogP contribution in [0.3, 0.4) is 0 Å². The van der Waals surface area contributed by atoms with Crippen LogP contribution in [0, 0.1) is 0 Å². The van der Waals surface area contributed by atoms with Gasteiger partial charge in [0.1, 0.15) is 5.60 Å². The van der Waals surface area contributed by atoms with Crippen LogP contribution in [0.2, 0.25) is 0 Å². The Morgan fingerprint density at radius 1 is 1.33 bits per heavy atom. The van der Waals surface area contributed by atoms with Crippen molar-refractivity contribution >= 4 is 5.91 Å². The van der Waals surface area contributed by atoms with Crippen molar-refractivity contribution in [2.45, 2.75) is 31.3 Å². The van der Waals surface area contributed by atoms with Crippen LogP contribution < -0.4 is 0 Å². The summed E-state index contributed by atoms with van der Waals surface area (Å²) in [5, 5.41) is 10.9. The molecule has 0 unspecified atom stereocenters. The molecule has 0 spiro atoms. The van der Waals surface area contributed by atoms with Gasteiger partial charge >= 0.3 is 0 Å². The van der Waals surface area contributed by atoms with E-state index < -0.39 is 5.60 Å². The Hall–Kier alpha value is -1.50. The zero-order valence-corrected chi connectivity index (χ0v) is 14.2. The Labute approximate surface area is 143 Å². The Bertz CT molecular complexity index is 534. The number of hydrogen-bond acceptors (Lipinski definition) is 5. The maximum atomic E-state index is 12.6. The van der Waals surface area contributed by atoms with Crippen LogP contribution in [0.15, 0.2) is 24.5 Å². The molecule has 1 amide bonds. The van der Waals surface area contributed by atoms with Crippen LogP contribution in [0.25, 0.3) is 0 Å². The summed E-state index contributed by atoms with van der Waals surface area (Å²) in [6.07, 6.45) is 7.01. The molecule has 1 atom stereocenters. The van der Waals surface area contributed by atoms with E-state index in [2.05, 4.69) is 9.88 Å². The van der Waals surface area contributed by atoms with Crippen molar-refractivity contribution in [1.82, 2.24) is 14.8 Å². The molecule has 2 saturated heterocycles. The molecule has 3 rings (SSSR count). The second-order valence-corrected chi connectivity index (χ2v) is 6.94. The molecule has 24 heavy (non-hydrogen) atoms. The molecule has 2 aliphatic rings. The third kappa shape index (κ3) is 4.75. The van der Waals surface area contributed by atoms with Crippen molar-refractivity contribution < 1.29 is 14.6 Å². The van der Waals surface area contributed by atoms with Gasteiger partial charge in [0.15, 0.2) is 0 Å². The van der Waals surface area contributed by atoms with Crippen LogP contribution in [-0.2, 0) is 16.0 Å². The van der Waals surface area contributed by atoms with E-state index >= 15 is 0 Å². The summed E-state index contributed by atoms with van der Waals surface area (Å²) in [6, 6.07) is 3.86. The number of aliphatic hydroxyl groups is 1. The van der Waals surface area contributed by atoms with E-state index in [4.69, 9.17) is 4.74 Å². The molecular formula is C18H27N3O3. The van der Waals surface area contributed by atoms with Crippen LogP contribution in [0.5, 0.6) is 0 Å². The van der Waals surface area contributed by atoms with Gasteiger partial charge in [-0.3, -0.25) is 9.78 Å². The number of rotatable bonds is 5. The van der Waals surface area contributed by atoms with Gasteiger partial charge in [-0.1, -0.05) is 6.07 Å². The van der Waals surface area contributed by atoms with Crippen molar-refractivity contribution in [3.05, 3.63) is 30.1 Å². The first kappa shape index (κ1) is 17.3. The number of amides is 1. The van der Waals surface area contributed by atoms with Crippen molar-refractivity contribution in [2.24, 2.45) is 0 Å². The summed E-state index contributed by atoms with van der Waals surface area (Å²) in [7, 11) is 0. The fourth-order valence-corrected chi connectivity index (χ4v) is 3.54. The minimum Gasteiger partial charge on any atom is -0.384 e. The highest BCUT2D eigenvalue weighted by Crippen LogP contribution is 2.18. The first-order valence-electron chi connectivity index (χ1n) is 8.84. The molecule has 132 valence electrons. The number of pyridine rings is 1. The monoisotopic (exact) mass is 333 g/mol. The SMILES string of the molecule is O=C(CCc1cccnc1)N1CCOC[C@@](O)(CN2CCCC2)C1. The summed E-state index contributed by atoms with van der Waals surface area (Å²) < 4.78 is 5.58. The van der Waals surface area contributed by atoms with E-state index in [1.165, 1.54) is 12.8 Å². The molecule has 0 radical (unpaired) electrons.